The lowest BCUT2D eigenvalue weighted by Crippen LogP contribution is -2.43. The first-order valence-corrected chi connectivity index (χ1v) is 11.1. The molecule has 0 spiro atoms. The maximum absolute atomic E-state index is 14.8. The summed E-state index contributed by atoms with van der Waals surface area (Å²) in [5.74, 6) is -2.44. The maximum Gasteiger partial charge on any atom is 0.255 e. The lowest BCUT2D eigenvalue weighted by molar-refractivity contribution is -0.0268. The number of phenols is 1. The summed E-state index contributed by atoms with van der Waals surface area (Å²) in [7, 11) is 2.04. The maximum atomic E-state index is 14.8. The number of ether oxygens (including phenoxy) is 1. The Labute approximate surface area is 195 Å². The van der Waals surface area contributed by atoms with Crippen molar-refractivity contribution in [3.8, 4) is 17.0 Å². The molecule has 1 amide bonds. The average Bonchev–Trinajstić information content (AvgIpc) is 3.19. The number of hydrogen-bond acceptors (Lipinski definition) is 6. The summed E-state index contributed by atoms with van der Waals surface area (Å²) >= 11 is 0. The highest BCUT2D eigenvalue weighted by atomic mass is 19.1. The minimum Gasteiger partial charge on any atom is -0.503 e. The molecule has 1 fully saturated rings. The zero-order valence-corrected chi connectivity index (χ0v) is 18.6. The van der Waals surface area contributed by atoms with Gasteiger partial charge in [0.15, 0.2) is 17.4 Å². The smallest absolute Gasteiger partial charge is 0.255 e. The Bertz CT molecular complexity index is 1230. The van der Waals surface area contributed by atoms with E-state index in [1.807, 2.05) is 7.05 Å². The highest BCUT2D eigenvalue weighted by Crippen LogP contribution is 2.42. The topological polar surface area (TPSA) is 103 Å². The molecular weight excluding hydrogens is 444 g/mol. The van der Waals surface area contributed by atoms with Gasteiger partial charge in [-0.25, -0.2) is 8.78 Å². The second kappa shape index (κ2) is 9.03. The molecule has 10 heteroatoms. The Hall–Kier alpha value is -3.50. The van der Waals surface area contributed by atoms with Crippen LogP contribution in [0.2, 0.25) is 0 Å². The third-order valence-corrected chi connectivity index (χ3v) is 6.35. The average molecular weight is 469 g/mol. The Morgan fingerprint density at radius 2 is 2.15 bits per heavy atom. The van der Waals surface area contributed by atoms with E-state index >= 15 is 0 Å². The molecule has 0 aliphatic carbocycles. The molecule has 1 aromatic carbocycles. The van der Waals surface area contributed by atoms with Crippen LogP contribution >= 0.6 is 0 Å². The molecule has 4 N–H and O–H groups in total. The molecule has 4 heterocycles. The van der Waals surface area contributed by atoms with Crippen LogP contribution < -0.4 is 10.6 Å². The van der Waals surface area contributed by atoms with Crippen molar-refractivity contribution in [2.24, 2.45) is 0 Å². The SMILES string of the molecule is CN1CCO[C@H](C[C@@H]2CNC(=O)c3c2[nH]c(-c2ccncc2F)c3Nc2cccc(F)c2O)C1. The number of hydrogen-bond donors (Lipinski definition) is 4. The van der Waals surface area contributed by atoms with Gasteiger partial charge >= 0.3 is 0 Å². The van der Waals surface area contributed by atoms with E-state index in [4.69, 9.17) is 4.74 Å². The Kier molecular flexibility index (Phi) is 5.93. The van der Waals surface area contributed by atoms with Gasteiger partial charge in [-0.3, -0.25) is 9.78 Å². The molecule has 5 rings (SSSR count). The van der Waals surface area contributed by atoms with Crippen molar-refractivity contribution in [3.05, 3.63) is 59.6 Å². The van der Waals surface area contributed by atoms with Gasteiger partial charge in [0.05, 0.1) is 41.5 Å². The Morgan fingerprint density at radius 3 is 2.94 bits per heavy atom. The predicted molar refractivity (Wildman–Crippen MR) is 122 cm³/mol. The number of H-pyrrole nitrogens is 1. The number of morpholine rings is 1. The summed E-state index contributed by atoms with van der Waals surface area (Å²) in [5.41, 5.74) is 1.77. The number of phenolic OH excluding ortho intramolecular Hbond substituents is 1. The number of nitrogens with one attached hydrogen (secondary N) is 3. The van der Waals surface area contributed by atoms with Gasteiger partial charge in [0, 0.05) is 43.0 Å². The van der Waals surface area contributed by atoms with E-state index in [9.17, 15) is 18.7 Å². The summed E-state index contributed by atoms with van der Waals surface area (Å²) in [6.07, 6.45) is 3.17. The lowest BCUT2D eigenvalue weighted by Gasteiger charge is -2.33. The van der Waals surface area contributed by atoms with Crippen molar-refractivity contribution >= 4 is 17.3 Å². The van der Waals surface area contributed by atoms with Crippen LogP contribution in [0.1, 0.15) is 28.4 Å². The van der Waals surface area contributed by atoms with Crippen LogP contribution in [0.15, 0.2) is 36.7 Å². The number of aromatic nitrogens is 2. The highest BCUT2D eigenvalue weighted by molar-refractivity contribution is 6.06. The number of amides is 1. The van der Waals surface area contributed by atoms with E-state index in [1.165, 1.54) is 24.4 Å². The van der Waals surface area contributed by atoms with Crippen molar-refractivity contribution in [3.63, 3.8) is 0 Å². The molecule has 0 saturated carbocycles. The summed E-state index contributed by atoms with van der Waals surface area (Å²) in [6, 6.07) is 5.53. The van der Waals surface area contributed by atoms with Crippen molar-refractivity contribution in [1.29, 1.82) is 0 Å². The summed E-state index contributed by atoms with van der Waals surface area (Å²) in [5, 5.41) is 16.1. The summed E-state index contributed by atoms with van der Waals surface area (Å²) < 4.78 is 34.7. The van der Waals surface area contributed by atoms with Crippen LogP contribution in [0.4, 0.5) is 20.2 Å². The van der Waals surface area contributed by atoms with Gasteiger partial charge < -0.3 is 30.4 Å². The number of pyridine rings is 1. The molecule has 2 aromatic heterocycles. The fourth-order valence-electron chi connectivity index (χ4n) is 4.65. The van der Waals surface area contributed by atoms with E-state index in [0.717, 1.165) is 25.4 Å². The number of anilines is 2. The van der Waals surface area contributed by atoms with E-state index in [-0.39, 0.29) is 34.9 Å². The third-order valence-electron chi connectivity index (χ3n) is 6.35. The minimum absolute atomic E-state index is 0.0142. The van der Waals surface area contributed by atoms with Crippen molar-refractivity contribution in [2.45, 2.75) is 18.4 Å². The lowest BCUT2D eigenvalue weighted by atomic mass is 9.91. The van der Waals surface area contributed by atoms with Gasteiger partial charge in [-0.05, 0) is 31.7 Å². The number of nitrogens with zero attached hydrogens (tertiary/aromatic N) is 2. The number of aromatic hydroxyl groups is 1. The number of aromatic amines is 1. The van der Waals surface area contributed by atoms with Crippen LogP contribution in [0.5, 0.6) is 5.75 Å². The van der Waals surface area contributed by atoms with Crippen LogP contribution in [0.3, 0.4) is 0 Å². The van der Waals surface area contributed by atoms with Crippen molar-refractivity contribution in [2.75, 3.05) is 38.6 Å². The largest absolute Gasteiger partial charge is 0.503 e. The van der Waals surface area contributed by atoms with Gasteiger partial charge in [0.25, 0.3) is 5.91 Å². The molecule has 1 saturated heterocycles. The van der Waals surface area contributed by atoms with E-state index in [2.05, 4.69) is 25.5 Å². The molecule has 34 heavy (non-hydrogen) atoms. The van der Waals surface area contributed by atoms with Crippen molar-refractivity contribution < 1.29 is 23.4 Å². The molecule has 0 bridgehead atoms. The molecule has 8 nitrogen and oxygen atoms in total. The molecule has 0 unspecified atom stereocenters. The number of benzene rings is 1. The van der Waals surface area contributed by atoms with Crippen LogP contribution in [-0.4, -0.2) is 65.3 Å². The Balaban J connectivity index is 1.61. The number of likely N-dealkylation sites (N-methyl/N-ethyl adjacent to an activating group) is 1. The van der Waals surface area contributed by atoms with Crippen LogP contribution in [-0.2, 0) is 4.74 Å². The van der Waals surface area contributed by atoms with Gasteiger partial charge in [-0.2, -0.15) is 0 Å². The number of carbonyl (C=O) groups excluding carboxylic acids is 1. The molecule has 2 aliphatic rings. The summed E-state index contributed by atoms with van der Waals surface area (Å²) in [4.78, 5) is 22.3. The molecular formula is C24H25F2N5O3. The van der Waals surface area contributed by atoms with Gasteiger partial charge in [-0.1, -0.05) is 6.07 Å². The fraction of sp³-hybridized carbons (Fsp3) is 0.333. The number of carbonyl (C=O) groups is 1. The standard InChI is InChI=1S/C24H25F2N5O3/c1-31-7-8-34-14(12-31)9-13-10-28-24(33)19-20(13)30-21(15-5-6-27-11-17(15)26)22(19)29-18-4-2-3-16(25)23(18)32/h2-6,11,13-14,29-30,32H,7-10,12H2,1H3,(H,28,33)/t13-,14-/m1/s1. The Morgan fingerprint density at radius 1 is 1.29 bits per heavy atom. The number of halogens is 2. The first-order valence-electron chi connectivity index (χ1n) is 11.1. The monoisotopic (exact) mass is 469 g/mol. The number of fused-ring (bicyclic) bond motifs is 1. The van der Waals surface area contributed by atoms with Gasteiger partial charge in [0.2, 0.25) is 0 Å². The molecule has 2 aliphatic heterocycles. The first kappa shape index (κ1) is 22.3. The van der Waals surface area contributed by atoms with E-state index in [1.54, 1.807) is 0 Å². The molecule has 2 atom stereocenters. The third kappa shape index (κ3) is 4.10. The predicted octanol–water partition coefficient (Wildman–Crippen LogP) is 3.35. The first-order chi connectivity index (χ1) is 16.4. The minimum atomic E-state index is -0.813. The zero-order valence-electron chi connectivity index (χ0n) is 18.6. The van der Waals surface area contributed by atoms with E-state index in [0.29, 0.717) is 36.5 Å². The second-order valence-electron chi connectivity index (χ2n) is 8.68. The van der Waals surface area contributed by atoms with Crippen molar-refractivity contribution in [1.82, 2.24) is 20.2 Å². The summed E-state index contributed by atoms with van der Waals surface area (Å²) in [6.45, 7) is 2.67. The number of rotatable bonds is 5. The van der Waals surface area contributed by atoms with Crippen LogP contribution in [0.25, 0.3) is 11.3 Å². The molecule has 178 valence electrons. The van der Waals surface area contributed by atoms with E-state index < -0.39 is 17.4 Å². The highest BCUT2D eigenvalue weighted by Gasteiger charge is 2.35. The molecule has 0 radical (unpaired) electrons. The van der Waals surface area contributed by atoms with Gasteiger partial charge in [-0.15, -0.1) is 0 Å². The van der Waals surface area contributed by atoms with Crippen LogP contribution in [0, 0.1) is 11.6 Å². The molecule has 3 aromatic rings. The number of para-hydroxylation sites is 1. The second-order valence-corrected chi connectivity index (χ2v) is 8.68. The quantitative estimate of drug-likeness (QED) is 0.428. The van der Waals surface area contributed by atoms with Gasteiger partial charge in [0.1, 0.15) is 0 Å². The fourth-order valence-corrected chi connectivity index (χ4v) is 4.65. The zero-order chi connectivity index (χ0) is 23.8. The normalized spacial score (nSPS) is 20.6.